The van der Waals surface area contributed by atoms with Crippen molar-refractivity contribution in [2.24, 2.45) is 5.92 Å². The van der Waals surface area contributed by atoms with E-state index >= 15 is 0 Å². The molecular weight excluding hydrogens is 360 g/mol. The Morgan fingerprint density at radius 1 is 0.862 bits per heavy atom. The van der Waals surface area contributed by atoms with Gasteiger partial charge in [0.1, 0.15) is 5.82 Å². The van der Waals surface area contributed by atoms with Gasteiger partial charge in [0.05, 0.1) is 0 Å². The van der Waals surface area contributed by atoms with Crippen molar-refractivity contribution in [2.45, 2.75) is 25.8 Å². The Bertz CT molecular complexity index is 905. The van der Waals surface area contributed by atoms with Gasteiger partial charge in [-0.3, -0.25) is 4.79 Å². The summed E-state index contributed by atoms with van der Waals surface area (Å²) in [5.41, 5.74) is 2.96. The summed E-state index contributed by atoms with van der Waals surface area (Å²) in [5, 5.41) is 11.6. The average Bonchev–Trinajstić information content (AvgIpc) is 2.79. The van der Waals surface area contributed by atoms with Crippen LogP contribution in [-0.2, 0) is 13.0 Å². The molecule has 1 fully saturated rings. The second kappa shape index (κ2) is 9.32. The second-order valence-corrected chi connectivity index (χ2v) is 7.57. The smallest absolute Gasteiger partial charge is 0.274 e. The molecule has 0 radical (unpaired) electrons. The van der Waals surface area contributed by atoms with Crippen molar-refractivity contribution in [1.29, 1.82) is 0 Å². The monoisotopic (exact) mass is 386 g/mol. The largest absolute Gasteiger partial charge is 0.365 e. The number of hydrogen-bond donors (Lipinski definition) is 1. The zero-order valence-electron chi connectivity index (χ0n) is 16.5. The molecule has 29 heavy (non-hydrogen) atoms. The standard InChI is InChI=1S/C24H26N4O/c29-24(28-15-13-20(14-16-28)17-19-7-3-1-4-8-19)22-11-12-23(27-26-22)25-18-21-9-5-2-6-10-21/h1-12,20H,13-18H2,(H,25,27). The zero-order chi connectivity index (χ0) is 19.9. The molecule has 1 N–H and O–H groups in total. The molecule has 0 unspecified atom stereocenters. The molecule has 1 amide bonds. The fourth-order valence-electron chi connectivity index (χ4n) is 3.78. The molecule has 5 heteroatoms. The first-order valence-corrected chi connectivity index (χ1v) is 10.2. The number of carbonyl (C=O) groups is 1. The first-order valence-electron chi connectivity index (χ1n) is 10.2. The average molecular weight is 386 g/mol. The fourth-order valence-corrected chi connectivity index (χ4v) is 3.78. The van der Waals surface area contributed by atoms with E-state index in [4.69, 9.17) is 0 Å². The van der Waals surface area contributed by atoms with E-state index in [0.717, 1.165) is 32.4 Å². The van der Waals surface area contributed by atoms with Gasteiger partial charge < -0.3 is 10.2 Å². The third kappa shape index (κ3) is 5.19. The SMILES string of the molecule is O=C(c1ccc(NCc2ccccc2)nn1)N1CCC(Cc2ccccc2)CC1. The van der Waals surface area contributed by atoms with Crippen LogP contribution in [0.25, 0.3) is 0 Å². The van der Waals surface area contributed by atoms with Crippen LogP contribution in [-0.4, -0.2) is 34.1 Å². The molecule has 0 saturated carbocycles. The number of rotatable bonds is 6. The van der Waals surface area contributed by atoms with Crippen molar-refractivity contribution < 1.29 is 4.79 Å². The number of carbonyl (C=O) groups excluding carboxylic acids is 1. The van der Waals surface area contributed by atoms with Gasteiger partial charge in [-0.2, -0.15) is 0 Å². The normalized spacial score (nSPS) is 14.6. The van der Waals surface area contributed by atoms with E-state index in [9.17, 15) is 4.79 Å². The molecule has 1 aromatic heterocycles. The van der Waals surface area contributed by atoms with E-state index in [1.807, 2.05) is 35.2 Å². The predicted molar refractivity (Wildman–Crippen MR) is 115 cm³/mol. The third-order valence-electron chi connectivity index (χ3n) is 5.47. The van der Waals surface area contributed by atoms with E-state index in [1.165, 1.54) is 11.1 Å². The summed E-state index contributed by atoms with van der Waals surface area (Å²) in [6, 6.07) is 24.3. The molecule has 1 saturated heterocycles. The summed E-state index contributed by atoms with van der Waals surface area (Å²) in [5.74, 6) is 1.29. The summed E-state index contributed by atoms with van der Waals surface area (Å²) in [4.78, 5) is 14.7. The first-order chi connectivity index (χ1) is 14.3. The van der Waals surface area contributed by atoms with E-state index < -0.39 is 0 Å². The van der Waals surface area contributed by atoms with Gasteiger partial charge in [0.15, 0.2) is 5.69 Å². The van der Waals surface area contributed by atoms with Gasteiger partial charge >= 0.3 is 0 Å². The predicted octanol–water partition coefficient (Wildman–Crippen LogP) is 4.18. The second-order valence-electron chi connectivity index (χ2n) is 7.57. The van der Waals surface area contributed by atoms with E-state index in [2.05, 4.69) is 51.9 Å². The lowest BCUT2D eigenvalue weighted by Gasteiger charge is -2.31. The minimum atomic E-state index is -0.0229. The van der Waals surface area contributed by atoms with Crippen LogP contribution in [0.1, 0.15) is 34.5 Å². The Kier molecular flexibility index (Phi) is 6.15. The molecule has 2 heterocycles. The number of aromatic nitrogens is 2. The van der Waals surface area contributed by atoms with E-state index in [-0.39, 0.29) is 5.91 Å². The van der Waals surface area contributed by atoms with Gasteiger partial charge in [-0.1, -0.05) is 60.7 Å². The molecule has 1 aliphatic rings. The van der Waals surface area contributed by atoms with Crippen molar-refractivity contribution in [3.05, 3.63) is 89.6 Å². The molecule has 0 spiro atoms. The minimum absolute atomic E-state index is 0.0229. The Morgan fingerprint density at radius 3 is 2.14 bits per heavy atom. The summed E-state index contributed by atoms with van der Waals surface area (Å²) < 4.78 is 0. The van der Waals surface area contributed by atoms with Crippen LogP contribution >= 0.6 is 0 Å². The van der Waals surface area contributed by atoms with Crippen molar-refractivity contribution >= 4 is 11.7 Å². The lowest BCUT2D eigenvalue weighted by molar-refractivity contribution is 0.0683. The fraction of sp³-hybridized carbons (Fsp3) is 0.292. The summed E-state index contributed by atoms with van der Waals surface area (Å²) >= 11 is 0. The number of nitrogens with one attached hydrogen (secondary N) is 1. The maximum absolute atomic E-state index is 12.8. The highest BCUT2D eigenvalue weighted by atomic mass is 16.2. The molecule has 2 aromatic carbocycles. The molecular formula is C24H26N4O. The quantitative estimate of drug-likeness (QED) is 0.690. The number of likely N-dealkylation sites (tertiary alicyclic amines) is 1. The molecule has 0 atom stereocenters. The molecule has 0 bridgehead atoms. The molecule has 4 rings (SSSR count). The van der Waals surface area contributed by atoms with Crippen molar-refractivity contribution in [1.82, 2.24) is 15.1 Å². The Morgan fingerprint density at radius 2 is 1.52 bits per heavy atom. The van der Waals surface area contributed by atoms with Crippen LogP contribution in [0.3, 0.4) is 0 Å². The molecule has 5 nitrogen and oxygen atoms in total. The van der Waals surface area contributed by atoms with Crippen molar-refractivity contribution in [3.8, 4) is 0 Å². The lowest BCUT2D eigenvalue weighted by atomic mass is 9.90. The number of amides is 1. The number of nitrogens with zero attached hydrogens (tertiary/aromatic N) is 3. The topological polar surface area (TPSA) is 58.1 Å². The minimum Gasteiger partial charge on any atom is -0.365 e. The van der Waals surface area contributed by atoms with Crippen molar-refractivity contribution in [2.75, 3.05) is 18.4 Å². The molecule has 148 valence electrons. The van der Waals surface area contributed by atoms with Crippen molar-refractivity contribution in [3.63, 3.8) is 0 Å². The Hall–Kier alpha value is -3.21. The molecule has 3 aromatic rings. The van der Waals surface area contributed by atoms with Crippen LogP contribution in [0.15, 0.2) is 72.8 Å². The first kappa shape index (κ1) is 19.1. The summed E-state index contributed by atoms with van der Waals surface area (Å²) in [7, 11) is 0. The van der Waals surface area contributed by atoms with Crippen LogP contribution in [0.2, 0.25) is 0 Å². The number of anilines is 1. The molecule has 1 aliphatic heterocycles. The van der Waals surface area contributed by atoms with Gasteiger partial charge in [-0.05, 0) is 48.4 Å². The van der Waals surface area contributed by atoms with Crippen LogP contribution in [0.4, 0.5) is 5.82 Å². The Balaban J connectivity index is 1.27. The highest BCUT2D eigenvalue weighted by molar-refractivity contribution is 5.92. The zero-order valence-corrected chi connectivity index (χ0v) is 16.5. The Labute approximate surface area is 171 Å². The van der Waals surface area contributed by atoms with E-state index in [0.29, 0.717) is 24.0 Å². The molecule has 0 aliphatic carbocycles. The van der Waals surface area contributed by atoms with Crippen LogP contribution in [0, 0.1) is 5.92 Å². The maximum atomic E-state index is 12.8. The van der Waals surface area contributed by atoms with Crippen LogP contribution < -0.4 is 5.32 Å². The van der Waals surface area contributed by atoms with Crippen LogP contribution in [0.5, 0.6) is 0 Å². The van der Waals surface area contributed by atoms with Gasteiger partial charge in [0.25, 0.3) is 5.91 Å². The summed E-state index contributed by atoms with van der Waals surface area (Å²) in [6.45, 7) is 2.25. The number of hydrogen-bond acceptors (Lipinski definition) is 4. The van der Waals surface area contributed by atoms with Gasteiger partial charge in [0, 0.05) is 19.6 Å². The lowest BCUT2D eigenvalue weighted by Crippen LogP contribution is -2.39. The summed E-state index contributed by atoms with van der Waals surface area (Å²) in [6.07, 6.45) is 3.15. The van der Waals surface area contributed by atoms with Gasteiger partial charge in [-0.15, -0.1) is 10.2 Å². The van der Waals surface area contributed by atoms with Gasteiger partial charge in [0.2, 0.25) is 0 Å². The van der Waals surface area contributed by atoms with Gasteiger partial charge in [-0.25, -0.2) is 0 Å². The van der Waals surface area contributed by atoms with E-state index in [1.54, 1.807) is 6.07 Å². The highest BCUT2D eigenvalue weighted by Gasteiger charge is 2.24. The highest BCUT2D eigenvalue weighted by Crippen LogP contribution is 2.22. The number of benzene rings is 2. The maximum Gasteiger partial charge on any atom is 0.274 e. The number of piperidine rings is 1. The third-order valence-corrected chi connectivity index (χ3v) is 5.47.